The number of anilines is 1. The molecule has 2 heterocycles. The topological polar surface area (TPSA) is 115 Å². The highest BCUT2D eigenvalue weighted by atomic mass is 32.2. The molecule has 0 spiro atoms. The van der Waals surface area contributed by atoms with Gasteiger partial charge in [-0.15, -0.1) is 5.10 Å². The molecule has 0 bridgehead atoms. The Bertz CT molecular complexity index is 1040. The highest BCUT2D eigenvalue weighted by molar-refractivity contribution is 7.90. The number of carbonyl (C=O) groups is 1. The first kappa shape index (κ1) is 17.5. The van der Waals surface area contributed by atoms with E-state index in [0.717, 1.165) is 61.8 Å². The van der Waals surface area contributed by atoms with E-state index in [1.165, 1.54) is 15.8 Å². The molecule has 2 aromatic rings. The number of fused-ring (bicyclic) bond motifs is 3. The van der Waals surface area contributed by atoms with Crippen LogP contribution in [0.5, 0.6) is 5.88 Å². The highest BCUT2D eigenvalue weighted by Crippen LogP contribution is 2.38. The second-order valence-electron chi connectivity index (χ2n) is 7.42. The van der Waals surface area contributed by atoms with Crippen molar-refractivity contribution in [1.29, 1.82) is 0 Å². The van der Waals surface area contributed by atoms with E-state index in [4.69, 9.17) is 4.74 Å². The lowest BCUT2D eigenvalue weighted by Gasteiger charge is -2.17. The van der Waals surface area contributed by atoms with Gasteiger partial charge in [0.2, 0.25) is 0 Å². The lowest BCUT2D eigenvalue weighted by molar-refractivity contribution is 0.224. The van der Waals surface area contributed by atoms with Crippen molar-refractivity contribution in [2.75, 3.05) is 11.9 Å². The number of aromatic nitrogens is 3. The molecule has 9 nitrogen and oxygen atoms in total. The summed E-state index contributed by atoms with van der Waals surface area (Å²) in [5.74, 6) is 0.0769. The van der Waals surface area contributed by atoms with Crippen molar-refractivity contribution in [3.05, 3.63) is 28.3 Å². The number of rotatable bonds is 3. The summed E-state index contributed by atoms with van der Waals surface area (Å²) >= 11 is 0. The van der Waals surface area contributed by atoms with Crippen molar-refractivity contribution in [2.24, 2.45) is 0 Å². The molecule has 2 aliphatic carbocycles. The minimum Gasteiger partial charge on any atom is -0.476 e. The van der Waals surface area contributed by atoms with E-state index in [-0.39, 0.29) is 10.9 Å². The van der Waals surface area contributed by atoms with Gasteiger partial charge in [-0.2, -0.15) is 8.42 Å². The molecule has 1 aromatic heterocycles. The van der Waals surface area contributed by atoms with Gasteiger partial charge in [-0.05, 0) is 60.8 Å². The highest BCUT2D eigenvalue weighted by Gasteiger charge is 2.31. The molecule has 2 amide bonds. The number of amides is 2. The van der Waals surface area contributed by atoms with Gasteiger partial charge in [-0.3, -0.25) is 0 Å². The fraction of sp³-hybridized carbons (Fsp3) is 0.500. The van der Waals surface area contributed by atoms with E-state index in [1.807, 2.05) is 0 Å². The molecular formula is C18H21N5O4S. The summed E-state index contributed by atoms with van der Waals surface area (Å²) in [6.07, 6.45) is 6.64. The molecule has 28 heavy (non-hydrogen) atoms. The fourth-order valence-corrected chi connectivity index (χ4v) is 5.33. The Morgan fingerprint density at radius 3 is 2.50 bits per heavy atom. The van der Waals surface area contributed by atoms with Gasteiger partial charge >= 0.3 is 6.03 Å². The number of ether oxygens (including phenoxy) is 1. The third-order valence-corrected chi connectivity index (χ3v) is 6.83. The minimum atomic E-state index is -4.19. The molecule has 148 valence electrons. The summed E-state index contributed by atoms with van der Waals surface area (Å²) in [5.41, 5.74) is 5.59. The maximum Gasteiger partial charge on any atom is 0.333 e. The number of nitrogens with zero attached hydrogens (tertiary/aromatic N) is 3. The van der Waals surface area contributed by atoms with Crippen molar-refractivity contribution in [2.45, 2.75) is 56.5 Å². The Balaban J connectivity index is 1.41. The third-order valence-electron chi connectivity index (χ3n) is 5.61. The molecule has 1 aromatic carbocycles. The third kappa shape index (κ3) is 2.83. The average Bonchev–Trinajstić information content (AvgIpc) is 3.39. The van der Waals surface area contributed by atoms with E-state index in [0.29, 0.717) is 13.2 Å². The first-order chi connectivity index (χ1) is 13.5. The molecule has 2 N–H and O–H groups in total. The zero-order valence-corrected chi connectivity index (χ0v) is 16.1. The van der Waals surface area contributed by atoms with Crippen LogP contribution in [0.15, 0.2) is 11.1 Å². The first-order valence-corrected chi connectivity index (χ1v) is 11.1. The van der Waals surface area contributed by atoms with Crippen LogP contribution in [-0.4, -0.2) is 36.0 Å². The first-order valence-electron chi connectivity index (χ1n) is 9.59. The number of sulfonamides is 1. The van der Waals surface area contributed by atoms with E-state index in [1.54, 1.807) is 0 Å². The van der Waals surface area contributed by atoms with Gasteiger partial charge in [0.05, 0.1) is 6.61 Å². The van der Waals surface area contributed by atoms with E-state index >= 15 is 0 Å². The van der Waals surface area contributed by atoms with Crippen LogP contribution in [0.2, 0.25) is 0 Å². The largest absolute Gasteiger partial charge is 0.476 e. The van der Waals surface area contributed by atoms with Crippen LogP contribution in [0, 0.1) is 0 Å². The predicted octanol–water partition coefficient (Wildman–Crippen LogP) is 1.55. The second-order valence-corrected chi connectivity index (χ2v) is 9.02. The Morgan fingerprint density at radius 2 is 1.79 bits per heavy atom. The Kier molecular flexibility index (Phi) is 4.04. The molecule has 5 rings (SSSR count). The van der Waals surface area contributed by atoms with Crippen LogP contribution in [0.3, 0.4) is 0 Å². The predicted molar refractivity (Wildman–Crippen MR) is 100.0 cm³/mol. The monoisotopic (exact) mass is 403 g/mol. The van der Waals surface area contributed by atoms with Crippen LogP contribution in [0.1, 0.15) is 41.5 Å². The number of hydrogen-bond donors (Lipinski definition) is 2. The molecule has 0 radical (unpaired) electrons. The van der Waals surface area contributed by atoms with Gasteiger partial charge in [0.25, 0.3) is 20.9 Å². The normalized spacial score (nSPS) is 17.4. The van der Waals surface area contributed by atoms with Crippen LogP contribution in [0.4, 0.5) is 10.5 Å². The van der Waals surface area contributed by atoms with Crippen LogP contribution in [0.25, 0.3) is 0 Å². The van der Waals surface area contributed by atoms with Crippen LogP contribution >= 0.6 is 0 Å². The Labute approximate surface area is 162 Å². The summed E-state index contributed by atoms with van der Waals surface area (Å²) in [7, 11) is -4.19. The zero-order valence-electron chi connectivity index (χ0n) is 15.3. The Morgan fingerprint density at radius 1 is 1.07 bits per heavy atom. The molecule has 0 atom stereocenters. The molecule has 0 saturated heterocycles. The number of hydrogen-bond acceptors (Lipinski definition) is 6. The molecule has 0 fully saturated rings. The zero-order chi connectivity index (χ0) is 19.3. The number of carbonyl (C=O) groups excluding carboxylic acids is 1. The fourth-order valence-electron chi connectivity index (χ4n) is 4.40. The minimum absolute atomic E-state index is 0.0769. The summed E-state index contributed by atoms with van der Waals surface area (Å²) in [5, 5.41) is 9.96. The number of urea groups is 1. The van der Waals surface area contributed by atoms with Crippen molar-refractivity contribution < 1.29 is 17.9 Å². The Hall–Kier alpha value is -2.62. The molecule has 10 heteroatoms. The summed E-state index contributed by atoms with van der Waals surface area (Å²) in [6, 6.07) is 1.47. The summed E-state index contributed by atoms with van der Waals surface area (Å²) < 4.78 is 34.2. The standard InChI is InChI=1S/C18H21N5O4S/c24-18(21-28(25,26)16-17-23(22-20-16)8-3-9-27-17)19-15-13-6-1-4-11(13)10-12-5-2-7-14(12)15/h10H,1-9H2,(H2,19,21,24). The van der Waals surface area contributed by atoms with E-state index in [2.05, 4.69) is 26.4 Å². The second kappa shape index (κ2) is 6.47. The SMILES string of the molecule is O=C(Nc1c2c(cc3c1CCC3)CCC2)NS(=O)(=O)c1nnn2c1OCCC2. The van der Waals surface area contributed by atoms with Gasteiger partial charge in [0.15, 0.2) is 0 Å². The molecule has 3 aliphatic rings. The molecular weight excluding hydrogens is 382 g/mol. The van der Waals surface area contributed by atoms with Crippen molar-refractivity contribution in [3.63, 3.8) is 0 Å². The van der Waals surface area contributed by atoms with Gasteiger partial charge in [-0.1, -0.05) is 11.3 Å². The maximum absolute atomic E-state index is 12.7. The van der Waals surface area contributed by atoms with Gasteiger partial charge in [-0.25, -0.2) is 14.2 Å². The molecule has 0 unspecified atom stereocenters. The van der Waals surface area contributed by atoms with Crippen LogP contribution in [-0.2, 0) is 42.3 Å². The number of nitrogens with one attached hydrogen (secondary N) is 2. The maximum atomic E-state index is 12.7. The van der Waals surface area contributed by atoms with E-state index in [9.17, 15) is 13.2 Å². The molecule has 0 saturated carbocycles. The number of aryl methyl sites for hydroxylation is 3. The van der Waals surface area contributed by atoms with E-state index < -0.39 is 16.1 Å². The van der Waals surface area contributed by atoms with Gasteiger partial charge in [0.1, 0.15) is 0 Å². The quantitative estimate of drug-likeness (QED) is 0.803. The summed E-state index contributed by atoms with van der Waals surface area (Å²) in [6.45, 7) is 0.927. The van der Waals surface area contributed by atoms with Crippen LogP contribution < -0.4 is 14.8 Å². The molecule has 1 aliphatic heterocycles. The lowest BCUT2D eigenvalue weighted by Crippen LogP contribution is -2.35. The average molecular weight is 403 g/mol. The lowest BCUT2D eigenvalue weighted by atomic mass is 9.99. The van der Waals surface area contributed by atoms with Crippen molar-refractivity contribution in [3.8, 4) is 5.88 Å². The van der Waals surface area contributed by atoms with Crippen molar-refractivity contribution >= 4 is 21.7 Å². The van der Waals surface area contributed by atoms with Gasteiger partial charge in [0, 0.05) is 18.7 Å². The smallest absolute Gasteiger partial charge is 0.333 e. The number of benzene rings is 1. The van der Waals surface area contributed by atoms with Gasteiger partial charge < -0.3 is 10.1 Å². The van der Waals surface area contributed by atoms with Crippen molar-refractivity contribution in [1.82, 2.24) is 19.7 Å². The summed E-state index contributed by atoms with van der Waals surface area (Å²) in [4.78, 5) is 12.6.